The highest BCUT2D eigenvalue weighted by atomic mass is 35.5. The van der Waals surface area contributed by atoms with Crippen LogP contribution < -0.4 is 15.6 Å². The second-order valence-electron chi connectivity index (χ2n) is 7.86. The Kier molecular flexibility index (Phi) is 6.66. The number of pyridine rings is 1. The number of hydrogen-bond donors (Lipinski definition) is 2. The van der Waals surface area contributed by atoms with Gasteiger partial charge in [0.25, 0.3) is 5.56 Å². The van der Waals surface area contributed by atoms with Crippen molar-refractivity contribution in [3.8, 4) is 5.75 Å². The molecular weight excluding hydrogens is 438 g/mol. The number of amides is 2. The highest BCUT2D eigenvalue weighted by Gasteiger charge is 2.17. The summed E-state index contributed by atoms with van der Waals surface area (Å²) in [7, 11) is 1.59. The van der Waals surface area contributed by atoms with E-state index in [1.807, 2.05) is 43.3 Å². The molecule has 168 valence electrons. The molecule has 3 aromatic carbocycles. The number of ether oxygens (including phenoxy) is 1. The Labute approximate surface area is 196 Å². The largest absolute Gasteiger partial charge is 0.497 e. The lowest BCUT2D eigenvalue weighted by atomic mass is 10.1. The molecule has 0 bridgehead atoms. The molecule has 4 aromatic rings. The third-order valence-corrected chi connectivity index (χ3v) is 5.61. The molecule has 0 spiro atoms. The van der Waals surface area contributed by atoms with Crippen LogP contribution in [0.4, 0.5) is 10.5 Å². The van der Waals surface area contributed by atoms with E-state index >= 15 is 0 Å². The van der Waals surface area contributed by atoms with Gasteiger partial charge in [0.15, 0.2) is 0 Å². The lowest BCUT2D eigenvalue weighted by molar-refractivity contribution is 0.206. The normalized spacial score (nSPS) is 10.8. The number of methoxy groups -OCH3 is 1. The zero-order chi connectivity index (χ0) is 23.4. The van der Waals surface area contributed by atoms with Gasteiger partial charge >= 0.3 is 6.03 Å². The molecule has 4 rings (SSSR count). The zero-order valence-electron chi connectivity index (χ0n) is 18.4. The summed E-state index contributed by atoms with van der Waals surface area (Å²) >= 11 is 6.01. The lowest BCUT2D eigenvalue weighted by Gasteiger charge is -2.23. The summed E-state index contributed by atoms with van der Waals surface area (Å²) in [5, 5.41) is 4.44. The number of fused-ring (bicyclic) bond motifs is 1. The first-order chi connectivity index (χ1) is 15.9. The maximum atomic E-state index is 13.2. The minimum atomic E-state index is -0.321. The number of carbonyl (C=O) groups excluding carboxylic acids is 1. The van der Waals surface area contributed by atoms with E-state index in [-0.39, 0.29) is 18.1 Å². The van der Waals surface area contributed by atoms with Crippen molar-refractivity contribution >= 4 is 34.2 Å². The van der Waals surface area contributed by atoms with Crippen LogP contribution in [0.5, 0.6) is 5.75 Å². The Bertz CT molecular complexity index is 1330. The van der Waals surface area contributed by atoms with Gasteiger partial charge in [0.2, 0.25) is 0 Å². The fraction of sp³-hybridized carbons (Fsp3) is 0.154. The standard InChI is InChI=1S/C26H24ClN3O3/c1-17-3-6-19-14-20(25(31)29-24(19)13-17)16-30(15-18-4-7-21(27)8-5-18)26(32)28-22-9-11-23(33-2)12-10-22/h3-14H,15-16H2,1-2H3,(H,28,32)(H,29,31). The number of hydrogen-bond acceptors (Lipinski definition) is 3. The van der Waals surface area contributed by atoms with E-state index < -0.39 is 0 Å². The van der Waals surface area contributed by atoms with Gasteiger partial charge in [0.05, 0.1) is 13.7 Å². The van der Waals surface area contributed by atoms with Crippen molar-refractivity contribution in [1.82, 2.24) is 9.88 Å². The van der Waals surface area contributed by atoms with Crippen molar-refractivity contribution in [2.24, 2.45) is 0 Å². The minimum Gasteiger partial charge on any atom is -0.497 e. The summed E-state index contributed by atoms with van der Waals surface area (Å²) in [5.41, 5.74) is 3.66. The number of benzene rings is 3. The van der Waals surface area contributed by atoms with E-state index in [9.17, 15) is 9.59 Å². The number of aryl methyl sites for hydroxylation is 1. The topological polar surface area (TPSA) is 74.4 Å². The molecule has 6 nitrogen and oxygen atoms in total. The molecule has 2 N–H and O–H groups in total. The van der Waals surface area contributed by atoms with Gasteiger partial charge in [-0.2, -0.15) is 0 Å². The Morgan fingerprint density at radius 2 is 1.73 bits per heavy atom. The van der Waals surface area contributed by atoms with Crippen LogP contribution >= 0.6 is 11.6 Å². The number of nitrogens with zero attached hydrogens (tertiary/aromatic N) is 1. The van der Waals surface area contributed by atoms with Crippen molar-refractivity contribution in [2.45, 2.75) is 20.0 Å². The molecule has 0 aliphatic rings. The van der Waals surface area contributed by atoms with Crippen molar-refractivity contribution < 1.29 is 9.53 Å². The predicted molar refractivity (Wildman–Crippen MR) is 132 cm³/mol. The number of aromatic nitrogens is 1. The zero-order valence-corrected chi connectivity index (χ0v) is 19.1. The van der Waals surface area contributed by atoms with E-state index in [0.29, 0.717) is 28.6 Å². The van der Waals surface area contributed by atoms with Crippen LogP contribution in [0.15, 0.2) is 77.6 Å². The van der Waals surface area contributed by atoms with Gasteiger partial charge in [-0.05, 0) is 72.0 Å². The van der Waals surface area contributed by atoms with Gasteiger partial charge in [-0.1, -0.05) is 35.9 Å². The van der Waals surface area contributed by atoms with Crippen molar-refractivity contribution in [1.29, 1.82) is 0 Å². The van der Waals surface area contributed by atoms with Crippen LogP contribution in [0.25, 0.3) is 10.9 Å². The van der Waals surface area contributed by atoms with Crippen LogP contribution in [-0.4, -0.2) is 23.0 Å². The van der Waals surface area contributed by atoms with Gasteiger partial charge in [-0.15, -0.1) is 0 Å². The Balaban J connectivity index is 1.62. The second-order valence-corrected chi connectivity index (χ2v) is 8.29. The first-order valence-electron chi connectivity index (χ1n) is 10.5. The molecule has 0 saturated carbocycles. The molecule has 2 amide bonds. The van der Waals surface area contributed by atoms with Gasteiger partial charge in [0.1, 0.15) is 5.75 Å². The van der Waals surface area contributed by atoms with Crippen LogP contribution in [0.1, 0.15) is 16.7 Å². The van der Waals surface area contributed by atoms with Crippen LogP contribution in [-0.2, 0) is 13.1 Å². The first kappa shape index (κ1) is 22.4. The Morgan fingerprint density at radius 3 is 2.42 bits per heavy atom. The summed E-state index contributed by atoms with van der Waals surface area (Å²) in [6, 6.07) is 21.8. The summed E-state index contributed by atoms with van der Waals surface area (Å²) < 4.78 is 5.17. The summed E-state index contributed by atoms with van der Waals surface area (Å²) in [6.07, 6.45) is 0. The molecule has 0 radical (unpaired) electrons. The SMILES string of the molecule is COc1ccc(NC(=O)N(Cc2ccc(Cl)cc2)Cc2cc3ccc(C)cc3[nH]c2=O)cc1. The Morgan fingerprint density at radius 1 is 1.00 bits per heavy atom. The maximum absolute atomic E-state index is 13.2. The molecule has 0 saturated heterocycles. The molecule has 1 aromatic heterocycles. The van der Waals surface area contributed by atoms with Crippen molar-refractivity contribution in [3.05, 3.63) is 105 Å². The summed E-state index contributed by atoms with van der Waals surface area (Å²) in [4.78, 5) is 30.5. The molecule has 1 heterocycles. The predicted octanol–water partition coefficient (Wildman–Crippen LogP) is 5.73. The number of nitrogens with one attached hydrogen (secondary N) is 2. The molecule has 0 aliphatic heterocycles. The molecule has 0 fully saturated rings. The highest BCUT2D eigenvalue weighted by molar-refractivity contribution is 6.30. The van der Waals surface area contributed by atoms with E-state index in [1.165, 1.54) is 0 Å². The molecule has 0 aliphatic carbocycles. The van der Waals surface area contributed by atoms with Crippen LogP contribution in [0, 0.1) is 6.92 Å². The van der Waals surface area contributed by atoms with Crippen molar-refractivity contribution in [2.75, 3.05) is 12.4 Å². The molecular formula is C26H24ClN3O3. The van der Waals surface area contributed by atoms with E-state index in [0.717, 1.165) is 22.0 Å². The first-order valence-corrected chi connectivity index (χ1v) is 10.9. The van der Waals surface area contributed by atoms with E-state index in [4.69, 9.17) is 16.3 Å². The summed E-state index contributed by atoms with van der Waals surface area (Å²) in [5.74, 6) is 0.698. The lowest BCUT2D eigenvalue weighted by Crippen LogP contribution is -2.35. The number of H-pyrrole nitrogens is 1. The monoisotopic (exact) mass is 461 g/mol. The fourth-order valence-electron chi connectivity index (χ4n) is 3.57. The number of anilines is 1. The minimum absolute atomic E-state index is 0.143. The molecule has 0 atom stereocenters. The molecule has 0 unspecified atom stereocenters. The Hall–Kier alpha value is -3.77. The van der Waals surface area contributed by atoms with Gasteiger partial charge < -0.3 is 19.9 Å². The van der Waals surface area contributed by atoms with Gasteiger partial charge in [-0.3, -0.25) is 4.79 Å². The van der Waals surface area contributed by atoms with Gasteiger partial charge in [-0.25, -0.2) is 4.79 Å². The number of carbonyl (C=O) groups is 1. The average molecular weight is 462 g/mol. The third kappa shape index (κ3) is 5.54. The number of halogens is 1. The average Bonchev–Trinajstić information content (AvgIpc) is 2.81. The smallest absolute Gasteiger partial charge is 0.322 e. The summed E-state index contributed by atoms with van der Waals surface area (Å²) in [6.45, 7) is 2.43. The van der Waals surface area contributed by atoms with Crippen LogP contribution in [0.3, 0.4) is 0 Å². The second kappa shape index (κ2) is 9.79. The van der Waals surface area contributed by atoms with Crippen molar-refractivity contribution in [3.63, 3.8) is 0 Å². The molecule has 33 heavy (non-hydrogen) atoms. The van der Waals surface area contributed by atoms with E-state index in [1.54, 1.807) is 48.4 Å². The third-order valence-electron chi connectivity index (χ3n) is 5.35. The quantitative estimate of drug-likeness (QED) is 0.385. The number of urea groups is 1. The number of rotatable bonds is 6. The van der Waals surface area contributed by atoms with E-state index in [2.05, 4.69) is 10.3 Å². The number of aromatic amines is 1. The maximum Gasteiger partial charge on any atom is 0.322 e. The highest BCUT2D eigenvalue weighted by Crippen LogP contribution is 2.19. The van der Waals surface area contributed by atoms with Crippen LogP contribution in [0.2, 0.25) is 5.02 Å². The van der Waals surface area contributed by atoms with Gasteiger partial charge in [0, 0.05) is 28.3 Å². The fourth-order valence-corrected chi connectivity index (χ4v) is 3.70. The molecule has 7 heteroatoms.